The van der Waals surface area contributed by atoms with Crippen molar-refractivity contribution in [3.8, 4) is 0 Å². The Morgan fingerprint density at radius 1 is 1.31 bits per heavy atom. The second-order valence-electron chi connectivity index (χ2n) is 5.22. The molecule has 1 atom stereocenters. The predicted molar refractivity (Wildman–Crippen MR) is 68.8 cm³/mol. The van der Waals surface area contributed by atoms with Gasteiger partial charge in [0.2, 0.25) is 0 Å². The van der Waals surface area contributed by atoms with Crippen LogP contribution in [0.4, 0.5) is 0 Å². The van der Waals surface area contributed by atoms with Gasteiger partial charge >= 0.3 is 0 Å². The molecule has 0 saturated carbocycles. The first kappa shape index (κ1) is 13.6. The van der Waals surface area contributed by atoms with E-state index in [0.717, 1.165) is 17.1 Å². The maximum atomic E-state index is 6.35. The Balaban J connectivity index is 2.93. The Morgan fingerprint density at radius 3 is 2.25 bits per heavy atom. The molecule has 0 aliphatic rings. The van der Waals surface area contributed by atoms with Crippen LogP contribution in [0.3, 0.4) is 0 Å². The van der Waals surface area contributed by atoms with E-state index in [1.165, 1.54) is 4.88 Å². The van der Waals surface area contributed by atoms with E-state index in [4.69, 9.17) is 10.5 Å². The maximum Gasteiger partial charge on any atom is 0.113 e. The number of aryl methyl sites for hydroxylation is 2. The minimum absolute atomic E-state index is 0.225. The van der Waals surface area contributed by atoms with Crippen molar-refractivity contribution >= 4 is 11.3 Å². The lowest BCUT2D eigenvalue weighted by Crippen LogP contribution is -2.41. The van der Waals surface area contributed by atoms with Gasteiger partial charge in [-0.3, -0.25) is 0 Å². The van der Waals surface area contributed by atoms with Crippen molar-refractivity contribution in [2.75, 3.05) is 7.11 Å². The summed E-state index contributed by atoms with van der Waals surface area (Å²) in [4.78, 5) is 5.78. The van der Waals surface area contributed by atoms with Crippen LogP contribution in [0, 0.1) is 13.8 Å². The zero-order valence-electron chi connectivity index (χ0n) is 11.0. The summed E-state index contributed by atoms with van der Waals surface area (Å²) in [5.41, 5.74) is 6.77. The number of thiazole rings is 1. The molecule has 0 fully saturated rings. The van der Waals surface area contributed by atoms with E-state index in [1.54, 1.807) is 18.4 Å². The topological polar surface area (TPSA) is 48.1 Å². The molecule has 0 spiro atoms. The predicted octanol–water partition coefficient (Wildman–Crippen LogP) is 2.75. The highest BCUT2D eigenvalue weighted by molar-refractivity contribution is 7.11. The summed E-state index contributed by atoms with van der Waals surface area (Å²) in [6.07, 6.45) is 0.753. The summed E-state index contributed by atoms with van der Waals surface area (Å²) < 4.78 is 5.43. The van der Waals surface area contributed by atoms with Crippen LogP contribution in [0.5, 0.6) is 0 Å². The first-order valence-electron chi connectivity index (χ1n) is 5.46. The first-order chi connectivity index (χ1) is 7.18. The van der Waals surface area contributed by atoms with Crippen molar-refractivity contribution in [1.29, 1.82) is 0 Å². The first-order valence-corrected chi connectivity index (χ1v) is 6.28. The molecule has 0 radical (unpaired) electrons. The number of nitrogens with zero attached hydrogens (tertiary/aromatic N) is 1. The zero-order valence-corrected chi connectivity index (χ0v) is 11.9. The minimum atomic E-state index is -0.427. The molecule has 1 aromatic rings. The minimum Gasteiger partial charge on any atom is -0.379 e. The third kappa shape index (κ3) is 3.03. The Bertz CT molecular complexity index is 350. The molecule has 1 aromatic heterocycles. The Kier molecular flexibility index (Phi) is 3.77. The number of aromatic nitrogens is 1. The van der Waals surface area contributed by atoms with Gasteiger partial charge in [-0.2, -0.15) is 0 Å². The maximum absolute atomic E-state index is 6.35. The van der Waals surface area contributed by atoms with Crippen LogP contribution in [-0.4, -0.2) is 17.7 Å². The van der Waals surface area contributed by atoms with Crippen molar-refractivity contribution in [1.82, 2.24) is 4.98 Å². The van der Waals surface area contributed by atoms with Crippen LogP contribution in [0.1, 0.15) is 42.8 Å². The number of hydrogen-bond acceptors (Lipinski definition) is 4. The van der Waals surface area contributed by atoms with Crippen molar-refractivity contribution < 1.29 is 4.74 Å². The molecule has 2 N–H and O–H groups in total. The highest BCUT2D eigenvalue weighted by atomic mass is 32.1. The molecule has 1 heterocycles. The molecular formula is C12H22N2OS. The zero-order chi connectivity index (χ0) is 12.6. The van der Waals surface area contributed by atoms with Gasteiger partial charge < -0.3 is 10.5 Å². The van der Waals surface area contributed by atoms with Gasteiger partial charge in [-0.05, 0) is 34.6 Å². The number of rotatable bonds is 4. The van der Waals surface area contributed by atoms with Crippen LogP contribution < -0.4 is 5.73 Å². The molecule has 1 unspecified atom stereocenters. The Labute approximate surface area is 102 Å². The van der Waals surface area contributed by atoms with Gasteiger partial charge in [0.15, 0.2) is 0 Å². The third-order valence-electron chi connectivity index (χ3n) is 2.86. The molecule has 3 nitrogen and oxygen atoms in total. The van der Waals surface area contributed by atoms with Crippen molar-refractivity contribution in [3.63, 3.8) is 0 Å². The van der Waals surface area contributed by atoms with E-state index in [0.29, 0.717) is 0 Å². The molecule has 1 rings (SSSR count). The highest BCUT2D eigenvalue weighted by Crippen LogP contribution is 2.32. The highest BCUT2D eigenvalue weighted by Gasteiger charge is 2.33. The van der Waals surface area contributed by atoms with Crippen LogP contribution >= 0.6 is 11.3 Å². The monoisotopic (exact) mass is 242 g/mol. The molecule has 0 saturated heterocycles. The molecule has 0 amide bonds. The lowest BCUT2D eigenvalue weighted by atomic mass is 9.89. The van der Waals surface area contributed by atoms with E-state index >= 15 is 0 Å². The number of ether oxygens (including phenoxy) is 1. The second kappa shape index (κ2) is 4.43. The van der Waals surface area contributed by atoms with Crippen molar-refractivity contribution in [3.05, 3.63) is 15.6 Å². The van der Waals surface area contributed by atoms with E-state index in [9.17, 15) is 0 Å². The van der Waals surface area contributed by atoms with Crippen molar-refractivity contribution in [2.24, 2.45) is 5.73 Å². The molecular weight excluding hydrogens is 220 g/mol. The third-order valence-corrected chi connectivity index (χ3v) is 4.22. The number of methoxy groups -OCH3 is 1. The molecule has 0 aromatic carbocycles. The fourth-order valence-corrected chi connectivity index (χ4v) is 2.72. The van der Waals surface area contributed by atoms with Gasteiger partial charge in [0.1, 0.15) is 5.01 Å². The Hall–Kier alpha value is -0.450. The van der Waals surface area contributed by atoms with Crippen LogP contribution in [0.15, 0.2) is 0 Å². The van der Waals surface area contributed by atoms with E-state index in [-0.39, 0.29) is 5.60 Å². The molecule has 92 valence electrons. The van der Waals surface area contributed by atoms with Crippen LogP contribution in [0.2, 0.25) is 0 Å². The smallest absolute Gasteiger partial charge is 0.113 e. The van der Waals surface area contributed by atoms with Crippen LogP contribution in [0.25, 0.3) is 0 Å². The molecule has 4 heteroatoms. The van der Waals surface area contributed by atoms with Gasteiger partial charge in [-0.1, -0.05) is 0 Å². The number of hydrogen-bond donors (Lipinski definition) is 1. The average Bonchev–Trinajstić information content (AvgIpc) is 2.46. The molecule has 0 aliphatic heterocycles. The van der Waals surface area contributed by atoms with Gasteiger partial charge in [0.25, 0.3) is 0 Å². The van der Waals surface area contributed by atoms with E-state index < -0.39 is 5.54 Å². The van der Waals surface area contributed by atoms with Gasteiger partial charge in [-0.25, -0.2) is 4.98 Å². The summed E-state index contributed by atoms with van der Waals surface area (Å²) in [7, 11) is 1.72. The second-order valence-corrected chi connectivity index (χ2v) is 6.42. The summed E-state index contributed by atoms with van der Waals surface area (Å²) in [6.45, 7) is 10.2. The van der Waals surface area contributed by atoms with E-state index in [2.05, 4.69) is 11.9 Å². The van der Waals surface area contributed by atoms with Gasteiger partial charge in [0, 0.05) is 18.4 Å². The summed E-state index contributed by atoms with van der Waals surface area (Å²) >= 11 is 1.68. The largest absolute Gasteiger partial charge is 0.379 e. The molecule has 0 aliphatic carbocycles. The van der Waals surface area contributed by atoms with Gasteiger partial charge in [-0.15, -0.1) is 11.3 Å². The molecule has 0 bridgehead atoms. The summed E-state index contributed by atoms with van der Waals surface area (Å²) in [5, 5.41) is 0.993. The standard InChI is InChI=1S/C12H22N2OS/c1-8-9(2)16-10(14-8)12(5,13)7-11(3,4)15-6/h7,13H2,1-6H3. The SMILES string of the molecule is COC(C)(C)CC(C)(N)c1nc(C)c(C)s1. The number of nitrogens with two attached hydrogens (primary N) is 1. The fraction of sp³-hybridized carbons (Fsp3) is 0.750. The summed E-state index contributed by atoms with van der Waals surface area (Å²) in [6, 6.07) is 0. The quantitative estimate of drug-likeness (QED) is 0.883. The Morgan fingerprint density at radius 2 is 1.88 bits per heavy atom. The van der Waals surface area contributed by atoms with Crippen molar-refractivity contribution in [2.45, 2.75) is 52.2 Å². The average molecular weight is 242 g/mol. The summed E-state index contributed by atoms with van der Waals surface area (Å²) in [5.74, 6) is 0. The lowest BCUT2D eigenvalue weighted by molar-refractivity contribution is -0.00148. The lowest BCUT2D eigenvalue weighted by Gasteiger charge is -2.32. The normalized spacial score (nSPS) is 16.2. The fourth-order valence-electron chi connectivity index (χ4n) is 1.75. The molecule has 16 heavy (non-hydrogen) atoms. The van der Waals surface area contributed by atoms with Gasteiger partial charge in [0.05, 0.1) is 16.8 Å². The van der Waals surface area contributed by atoms with Crippen LogP contribution in [-0.2, 0) is 10.3 Å². The van der Waals surface area contributed by atoms with E-state index in [1.807, 2.05) is 27.7 Å².